The maximum absolute atomic E-state index is 10.5. The van der Waals surface area contributed by atoms with E-state index in [0.29, 0.717) is 6.61 Å². The maximum atomic E-state index is 10.5. The molecule has 0 amide bonds. The molecular formula is C7H14O4. The van der Waals surface area contributed by atoms with Crippen molar-refractivity contribution in [3.05, 3.63) is 0 Å². The first kappa shape index (κ1) is 10.2. The fraction of sp³-hybridized carbons (Fsp3) is 0.857. The third kappa shape index (κ3) is 7.12. The van der Waals surface area contributed by atoms with Crippen LogP contribution in [0.1, 0.15) is 26.7 Å². The zero-order chi connectivity index (χ0) is 8.69. The van der Waals surface area contributed by atoms with Crippen LogP contribution in [0.4, 0.5) is 4.79 Å². The second-order valence-corrected chi connectivity index (χ2v) is 2.17. The zero-order valence-electron chi connectivity index (χ0n) is 6.87. The average Bonchev–Trinajstić information content (AvgIpc) is 1.86. The van der Waals surface area contributed by atoms with Gasteiger partial charge in [0.1, 0.15) is 0 Å². The first-order valence-electron chi connectivity index (χ1n) is 3.68. The van der Waals surface area contributed by atoms with Gasteiger partial charge in [0, 0.05) is 0 Å². The molecule has 0 bridgehead atoms. The monoisotopic (exact) mass is 162 g/mol. The number of rotatable bonds is 4. The summed E-state index contributed by atoms with van der Waals surface area (Å²) in [5, 5.41) is 8.56. The van der Waals surface area contributed by atoms with E-state index in [0.717, 1.165) is 12.8 Å². The summed E-state index contributed by atoms with van der Waals surface area (Å²) in [4.78, 5) is 10.5. The molecule has 0 aromatic rings. The van der Waals surface area contributed by atoms with Gasteiger partial charge < -0.3 is 14.6 Å². The van der Waals surface area contributed by atoms with Gasteiger partial charge in [-0.25, -0.2) is 4.79 Å². The van der Waals surface area contributed by atoms with Crippen LogP contribution >= 0.6 is 0 Å². The van der Waals surface area contributed by atoms with E-state index in [1.165, 1.54) is 6.92 Å². The summed E-state index contributed by atoms with van der Waals surface area (Å²) in [6.07, 6.45) is -0.130. The lowest BCUT2D eigenvalue weighted by Crippen LogP contribution is -2.15. The number of aliphatic hydroxyl groups excluding tert-OH is 1. The van der Waals surface area contributed by atoms with Gasteiger partial charge in [-0.2, -0.15) is 0 Å². The van der Waals surface area contributed by atoms with E-state index < -0.39 is 12.4 Å². The van der Waals surface area contributed by atoms with Crippen LogP contribution in [0.25, 0.3) is 0 Å². The molecule has 0 heterocycles. The van der Waals surface area contributed by atoms with Crippen LogP contribution in [-0.2, 0) is 9.47 Å². The van der Waals surface area contributed by atoms with E-state index in [2.05, 4.69) is 9.47 Å². The predicted octanol–water partition coefficient (Wildman–Crippen LogP) is 1.28. The minimum Gasteiger partial charge on any atom is -0.434 e. The van der Waals surface area contributed by atoms with E-state index in [1.807, 2.05) is 6.92 Å². The lowest BCUT2D eigenvalue weighted by Gasteiger charge is -2.06. The third-order valence-electron chi connectivity index (χ3n) is 0.985. The number of carbonyl (C=O) groups is 1. The number of ether oxygens (including phenoxy) is 2. The molecule has 0 saturated heterocycles. The Morgan fingerprint density at radius 3 is 2.73 bits per heavy atom. The molecule has 0 rings (SSSR count). The Morgan fingerprint density at radius 2 is 2.27 bits per heavy atom. The van der Waals surface area contributed by atoms with Gasteiger partial charge in [-0.1, -0.05) is 13.3 Å². The fourth-order valence-electron chi connectivity index (χ4n) is 0.473. The van der Waals surface area contributed by atoms with Gasteiger partial charge in [0.2, 0.25) is 6.29 Å². The normalized spacial score (nSPS) is 12.3. The molecule has 0 saturated carbocycles. The first-order valence-corrected chi connectivity index (χ1v) is 3.68. The minimum atomic E-state index is -1.09. The van der Waals surface area contributed by atoms with Crippen molar-refractivity contribution >= 4 is 6.16 Å². The molecule has 4 nitrogen and oxygen atoms in total. The number of aliphatic hydroxyl groups is 1. The molecule has 0 aliphatic rings. The quantitative estimate of drug-likeness (QED) is 0.384. The van der Waals surface area contributed by atoms with Crippen LogP contribution in [0, 0.1) is 0 Å². The highest BCUT2D eigenvalue weighted by molar-refractivity contribution is 5.59. The Balaban J connectivity index is 3.23. The standard InChI is InChI=1S/C7H14O4/c1-3-4-5-10-7(9)11-6(2)8/h6,8H,3-5H2,1-2H3. The van der Waals surface area contributed by atoms with E-state index in [9.17, 15) is 4.79 Å². The van der Waals surface area contributed by atoms with Crippen LogP contribution < -0.4 is 0 Å². The van der Waals surface area contributed by atoms with Crippen molar-refractivity contribution in [1.82, 2.24) is 0 Å². The summed E-state index contributed by atoms with van der Waals surface area (Å²) in [5.41, 5.74) is 0. The van der Waals surface area contributed by atoms with Gasteiger partial charge in [-0.3, -0.25) is 0 Å². The Hall–Kier alpha value is -0.770. The molecule has 0 aromatic heterocycles. The average molecular weight is 162 g/mol. The van der Waals surface area contributed by atoms with Gasteiger partial charge in [0.25, 0.3) is 0 Å². The van der Waals surface area contributed by atoms with Gasteiger partial charge in [-0.05, 0) is 13.3 Å². The van der Waals surface area contributed by atoms with E-state index in [4.69, 9.17) is 5.11 Å². The molecule has 0 aromatic carbocycles. The molecule has 4 heteroatoms. The van der Waals surface area contributed by atoms with Crippen molar-refractivity contribution in [2.24, 2.45) is 0 Å². The largest absolute Gasteiger partial charge is 0.510 e. The summed E-state index contributed by atoms with van der Waals surface area (Å²) in [6.45, 7) is 3.69. The molecule has 1 N–H and O–H groups in total. The number of unbranched alkanes of at least 4 members (excludes halogenated alkanes) is 1. The molecular weight excluding hydrogens is 148 g/mol. The maximum Gasteiger partial charge on any atom is 0.510 e. The van der Waals surface area contributed by atoms with Crippen molar-refractivity contribution < 1.29 is 19.4 Å². The van der Waals surface area contributed by atoms with Crippen LogP contribution in [0.15, 0.2) is 0 Å². The van der Waals surface area contributed by atoms with Gasteiger partial charge in [0.15, 0.2) is 0 Å². The molecule has 1 atom stereocenters. The van der Waals surface area contributed by atoms with E-state index >= 15 is 0 Å². The molecule has 0 aliphatic heterocycles. The first-order chi connectivity index (χ1) is 5.16. The summed E-state index contributed by atoms with van der Waals surface area (Å²) >= 11 is 0. The van der Waals surface area contributed by atoms with Crippen LogP contribution in [0.5, 0.6) is 0 Å². The summed E-state index contributed by atoms with van der Waals surface area (Å²) in [5.74, 6) is 0. The Labute approximate surface area is 66.1 Å². The van der Waals surface area contributed by atoms with Crippen molar-refractivity contribution in [2.45, 2.75) is 33.0 Å². The van der Waals surface area contributed by atoms with Gasteiger partial charge >= 0.3 is 6.16 Å². The van der Waals surface area contributed by atoms with Crippen molar-refractivity contribution in [2.75, 3.05) is 6.61 Å². The van der Waals surface area contributed by atoms with Crippen LogP contribution in [0.2, 0.25) is 0 Å². The van der Waals surface area contributed by atoms with Crippen molar-refractivity contribution in [3.8, 4) is 0 Å². The summed E-state index contributed by atoms with van der Waals surface area (Å²) in [7, 11) is 0. The predicted molar refractivity (Wildman–Crippen MR) is 39.0 cm³/mol. The highest BCUT2D eigenvalue weighted by Crippen LogP contribution is 1.93. The van der Waals surface area contributed by atoms with Gasteiger partial charge in [-0.15, -0.1) is 0 Å². The lowest BCUT2D eigenvalue weighted by molar-refractivity contribution is -0.0683. The van der Waals surface area contributed by atoms with Crippen molar-refractivity contribution in [1.29, 1.82) is 0 Å². The molecule has 0 aliphatic carbocycles. The summed E-state index contributed by atoms with van der Waals surface area (Å²) in [6, 6.07) is 0. The number of hydrogen-bond donors (Lipinski definition) is 1. The topological polar surface area (TPSA) is 55.8 Å². The molecule has 0 spiro atoms. The number of carbonyl (C=O) groups excluding carboxylic acids is 1. The van der Waals surface area contributed by atoms with Crippen LogP contribution in [0.3, 0.4) is 0 Å². The third-order valence-corrected chi connectivity index (χ3v) is 0.985. The second kappa shape index (κ2) is 5.97. The molecule has 0 radical (unpaired) electrons. The summed E-state index contributed by atoms with van der Waals surface area (Å²) < 4.78 is 8.86. The SMILES string of the molecule is CCCCOC(=O)OC(C)O. The Morgan fingerprint density at radius 1 is 1.64 bits per heavy atom. The molecule has 11 heavy (non-hydrogen) atoms. The Kier molecular flexibility index (Phi) is 5.56. The second-order valence-electron chi connectivity index (χ2n) is 2.17. The molecule has 1 unspecified atom stereocenters. The van der Waals surface area contributed by atoms with E-state index in [1.54, 1.807) is 0 Å². The van der Waals surface area contributed by atoms with E-state index in [-0.39, 0.29) is 0 Å². The molecule has 0 fully saturated rings. The zero-order valence-corrected chi connectivity index (χ0v) is 6.87. The lowest BCUT2D eigenvalue weighted by atomic mass is 10.4. The van der Waals surface area contributed by atoms with Crippen LogP contribution in [-0.4, -0.2) is 24.2 Å². The highest BCUT2D eigenvalue weighted by atomic mass is 16.8. The number of hydrogen-bond acceptors (Lipinski definition) is 4. The smallest absolute Gasteiger partial charge is 0.434 e. The highest BCUT2D eigenvalue weighted by Gasteiger charge is 2.05. The minimum absolute atomic E-state index is 0.349. The van der Waals surface area contributed by atoms with Gasteiger partial charge in [0.05, 0.1) is 6.61 Å². The fourth-order valence-corrected chi connectivity index (χ4v) is 0.473. The molecule has 66 valence electrons. The van der Waals surface area contributed by atoms with Crippen molar-refractivity contribution in [3.63, 3.8) is 0 Å². The Bertz CT molecular complexity index is 111.